The van der Waals surface area contributed by atoms with E-state index in [-0.39, 0.29) is 6.61 Å². The van der Waals surface area contributed by atoms with Crippen molar-refractivity contribution >= 4 is 29.3 Å². The Balaban J connectivity index is 0.00000124. The number of nitrogens with zero attached hydrogens (tertiary/aromatic N) is 3. The molecule has 6 N–H and O–H groups in total. The molecule has 8 nitrogen and oxygen atoms in total. The first kappa shape index (κ1) is 22.4. The molecular formula is C21H29ClN6O2. The minimum atomic E-state index is -0.202. The van der Waals surface area contributed by atoms with E-state index in [0.717, 1.165) is 57.6 Å². The van der Waals surface area contributed by atoms with Crippen LogP contribution in [0.2, 0.25) is 5.02 Å². The number of anilines is 2. The number of ether oxygens (including phenoxy) is 1. The molecule has 0 bridgehead atoms. The molecular weight excluding hydrogens is 404 g/mol. The molecule has 9 heteroatoms. The van der Waals surface area contributed by atoms with Gasteiger partial charge in [-0.1, -0.05) is 11.6 Å². The highest BCUT2D eigenvalue weighted by Gasteiger charge is 2.38. The first-order valence-corrected chi connectivity index (χ1v) is 10.4. The maximum absolute atomic E-state index is 9.89. The summed E-state index contributed by atoms with van der Waals surface area (Å²) >= 11 is 6.36. The van der Waals surface area contributed by atoms with Crippen LogP contribution >= 0.6 is 11.6 Å². The molecule has 0 aliphatic carbocycles. The first-order valence-electron chi connectivity index (χ1n) is 10.0. The summed E-state index contributed by atoms with van der Waals surface area (Å²) in [6, 6.07) is 3.33. The molecule has 1 aromatic heterocycles. The van der Waals surface area contributed by atoms with Crippen LogP contribution in [0, 0.1) is 10.8 Å². The zero-order valence-electron chi connectivity index (χ0n) is 17.2. The Morgan fingerprint density at radius 1 is 1.30 bits per heavy atom. The number of hydrogen-bond donors (Lipinski definition) is 4. The molecule has 2 aromatic rings. The highest BCUT2D eigenvalue weighted by molar-refractivity contribution is 6.33. The van der Waals surface area contributed by atoms with Gasteiger partial charge in [-0.15, -0.1) is 0 Å². The number of aliphatic hydroxyl groups is 1. The lowest BCUT2D eigenvalue weighted by molar-refractivity contribution is 0.133. The van der Waals surface area contributed by atoms with Gasteiger partial charge in [0, 0.05) is 42.7 Å². The Morgan fingerprint density at radius 3 is 2.63 bits per heavy atom. The van der Waals surface area contributed by atoms with E-state index in [1.165, 1.54) is 7.05 Å². The van der Waals surface area contributed by atoms with Gasteiger partial charge in [0.25, 0.3) is 0 Å². The molecule has 4 rings (SSSR count). The summed E-state index contributed by atoms with van der Waals surface area (Å²) in [5.41, 5.74) is 13.5. The van der Waals surface area contributed by atoms with E-state index in [1.807, 2.05) is 0 Å². The van der Waals surface area contributed by atoms with Crippen molar-refractivity contribution in [3.8, 4) is 11.3 Å². The number of hydrogen-bond acceptors (Lipinski definition) is 8. The highest BCUT2D eigenvalue weighted by atomic mass is 35.5. The van der Waals surface area contributed by atoms with Gasteiger partial charge in [-0.2, -0.15) is 0 Å². The molecule has 162 valence electrons. The number of nitrogens with one attached hydrogen (secondary N) is 1. The van der Waals surface area contributed by atoms with Crippen LogP contribution in [0.4, 0.5) is 11.5 Å². The number of benzene rings is 1. The zero-order chi connectivity index (χ0) is 21.7. The van der Waals surface area contributed by atoms with Crippen LogP contribution in [0.25, 0.3) is 11.3 Å². The topological polar surface area (TPSA) is 134 Å². The van der Waals surface area contributed by atoms with E-state index in [0.29, 0.717) is 38.6 Å². The van der Waals surface area contributed by atoms with Gasteiger partial charge in [-0.05, 0) is 43.9 Å². The maximum atomic E-state index is 9.89. The standard InChI is InChI=1S/C20H24ClN5O2.CH5N/c21-15-7-13(9-22)16(23)8-14(15)17-10-24-19(18(11-27)25-17)26-4-1-20(2-5-26)3-6-28-12-20;1-2/h7-10,22,27H,1-6,11-12,23H2;2H2,1H3. The molecule has 2 aliphatic heterocycles. The summed E-state index contributed by atoms with van der Waals surface area (Å²) in [6.07, 6.45) is 6.09. The Bertz CT molecular complexity index is 891. The van der Waals surface area contributed by atoms with Crippen LogP contribution in [0.5, 0.6) is 0 Å². The Morgan fingerprint density at radius 2 is 2.03 bits per heavy atom. The van der Waals surface area contributed by atoms with Gasteiger partial charge in [0.2, 0.25) is 0 Å². The van der Waals surface area contributed by atoms with E-state index in [9.17, 15) is 5.11 Å². The average Bonchev–Trinajstić information content (AvgIpc) is 3.24. The zero-order valence-corrected chi connectivity index (χ0v) is 18.0. The van der Waals surface area contributed by atoms with Crippen molar-refractivity contribution in [1.82, 2.24) is 9.97 Å². The predicted molar refractivity (Wildman–Crippen MR) is 120 cm³/mol. The van der Waals surface area contributed by atoms with Crippen molar-refractivity contribution < 1.29 is 9.84 Å². The fourth-order valence-corrected chi connectivity index (χ4v) is 4.35. The quantitative estimate of drug-likeness (QED) is 0.430. The van der Waals surface area contributed by atoms with E-state index in [2.05, 4.69) is 20.6 Å². The van der Waals surface area contributed by atoms with Crippen LogP contribution in [-0.4, -0.2) is 54.6 Å². The number of aromatic nitrogens is 2. The van der Waals surface area contributed by atoms with E-state index < -0.39 is 0 Å². The van der Waals surface area contributed by atoms with Crippen molar-refractivity contribution in [2.75, 3.05) is 44.0 Å². The second-order valence-corrected chi connectivity index (χ2v) is 7.99. The largest absolute Gasteiger partial charge is 0.398 e. The van der Waals surface area contributed by atoms with Crippen molar-refractivity contribution in [2.45, 2.75) is 25.9 Å². The lowest BCUT2D eigenvalue weighted by Crippen LogP contribution is -2.41. The monoisotopic (exact) mass is 432 g/mol. The molecule has 0 radical (unpaired) electrons. The van der Waals surface area contributed by atoms with Crippen molar-refractivity contribution in [3.63, 3.8) is 0 Å². The van der Waals surface area contributed by atoms with Gasteiger partial charge in [-0.3, -0.25) is 0 Å². The Hall–Kier alpha value is -2.26. The van der Waals surface area contributed by atoms with Gasteiger partial charge in [-0.25, -0.2) is 9.97 Å². The fourth-order valence-electron chi connectivity index (χ4n) is 4.08. The molecule has 0 saturated carbocycles. The molecule has 0 atom stereocenters. The number of halogens is 1. The molecule has 0 amide bonds. The summed E-state index contributed by atoms with van der Waals surface area (Å²) in [5, 5.41) is 17.7. The molecule has 0 unspecified atom stereocenters. The summed E-state index contributed by atoms with van der Waals surface area (Å²) in [4.78, 5) is 11.4. The molecule has 2 saturated heterocycles. The minimum absolute atomic E-state index is 0.202. The van der Waals surface area contributed by atoms with Crippen LogP contribution < -0.4 is 16.4 Å². The summed E-state index contributed by atoms with van der Waals surface area (Å²) in [7, 11) is 1.50. The number of aliphatic hydroxyl groups excluding tert-OH is 1. The highest BCUT2D eigenvalue weighted by Crippen LogP contribution is 2.40. The van der Waals surface area contributed by atoms with E-state index >= 15 is 0 Å². The van der Waals surface area contributed by atoms with Gasteiger partial charge in [0.1, 0.15) is 5.69 Å². The summed E-state index contributed by atoms with van der Waals surface area (Å²) < 4.78 is 5.60. The number of piperidine rings is 1. The van der Waals surface area contributed by atoms with Gasteiger partial charge in [0.15, 0.2) is 5.82 Å². The van der Waals surface area contributed by atoms with Crippen LogP contribution in [0.1, 0.15) is 30.5 Å². The third-order valence-electron chi connectivity index (χ3n) is 5.89. The maximum Gasteiger partial charge on any atom is 0.152 e. The van der Waals surface area contributed by atoms with E-state index in [4.69, 9.17) is 27.5 Å². The number of rotatable bonds is 4. The lowest BCUT2D eigenvalue weighted by atomic mass is 9.78. The number of nitrogens with two attached hydrogens (primary N) is 2. The van der Waals surface area contributed by atoms with Crippen LogP contribution in [0.15, 0.2) is 18.3 Å². The van der Waals surface area contributed by atoms with Crippen molar-refractivity contribution in [2.24, 2.45) is 11.1 Å². The minimum Gasteiger partial charge on any atom is -0.398 e. The predicted octanol–water partition coefficient (Wildman–Crippen LogP) is 2.45. The molecule has 2 fully saturated rings. The van der Waals surface area contributed by atoms with Crippen LogP contribution in [0.3, 0.4) is 0 Å². The van der Waals surface area contributed by atoms with Gasteiger partial charge in [0.05, 0.1) is 30.1 Å². The molecule has 1 aromatic carbocycles. The normalized spacial score (nSPS) is 17.5. The fraction of sp³-hybridized carbons (Fsp3) is 0.476. The molecule has 30 heavy (non-hydrogen) atoms. The van der Waals surface area contributed by atoms with Crippen molar-refractivity contribution in [1.29, 1.82) is 5.41 Å². The van der Waals surface area contributed by atoms with E-state index in [1.54, 1.807) is 18.3 Å². The second-order valence-electron chi connectivity index (χ2n) is 7.58. The van der Waals surface area contributed by atoms with Gasteiger partial charge >= 0.3 is 0 Å². The third kappa shape index (κ3) is 4.41. The van der Waals surface area contributed by atoms with Crippen LogP contribution in [-0.2, 0) is 11.3 Å². The van der Waals surface area contributed by atoms with Gasteiger partial charge < -0.3 is 31.6 Å². The summed E-state index contributed by atoms with van der Waals surface area (Å²) in [6.45, 7) is 3.27. The second kappa shape index (κ2) is 9.70. The smallest absolute Gasteiger partial charge is 0.152 e. The SMILES string of the molecule is CN.N=Cc1cc(Cl)c(-c2cnc(N3CCC4(CCOC4)CC3)c(CO)n2)cc1N. The third-order valence-corrected chi connectivity index (χ3v) is 6.20. The lowest BCUT2D eigenvalue weighted by Gasteiger charge is -2.39. The summed E-state index contributed by atoms with van der Waals surface area (Å²) in [5.74, 6) is 0.722. The first-order chi connectivity index (χ1) is 14.5. The molecule has 3 heterocycles. The van der Waals surface area contributed by atoms with Crippen molar-refractivity contribution in [3.05, 3.63) is 34.6 Å². The number of nitrogen functional groups attached to an aromatic ring is 1. The molecule has 1 spiro atoms. The Kier molecular flexibility index (Phi) is 7.25. The Labute approximate surface area is 181 Å². The molecule has 2 aliphatic rings. The average molecular weight is 433 g/mol.